The fourth-order valence-electron chi connectivity index (χ4n) is 4.82. The first-order chi connectivity index (χ1) is 13.9. The van der Waals surface area contributed by atoms with Gasteiger partial charge in [0.15, 0.2) is 5.78 Å². The molecule has 2 aromatic rings. The largest absolute Gasteiger partial charge is 0.312 e. The first-order valence-electron chi connectivity index (χ1n) is 9.97. The van der Waals surface area contributed by atoms with Crippen LogP contribution in [-0.2, 0) is 4.79 Å². The van der Waals surface area contributed by atoms with Crippen LogP contribution in [0.3, 0.4) is 0 Å². The highest BCUT2D eigenvalue weighted by Crippen LogP contribution is 2.48. The Balaban J connectivity index is 1.49. The van der Waals surface area contributed by atoms with E-state index in [1.165, 1.54) is 17.0 Å². The molecule has 0 N–H and O–H groups in total. The molecule has 1 amide bonds. The molecule has 1 aliphatic carbocycles. The number of anilines is 1. The summed E-state index contributed by atoms with van der Waals surface area (Å²) in [5.74, 6) is -0.855. The number of benzene rings is 1. The quantitative estimate of drug-likeness (QED) is 0.721. The zero-order chi connectivity index (χ0) is 20.6. The highest BCUT2D eigenvalue weighted by molar-refractivity contribution is 6.00. The van der Waals surface area contributed by atoms with Gasteiger partial charge >= 0.3 is 0 Å². The van der Waals surface area contributed by atoms with Gasteiger partial charge in [-0.05, 0) is 56.7 Å². The number of aromatic nitrogens is 2. The van der Waals surface area contributed by atoms with Crippen molar-refractivity contribution in [2.24, 2.45) is 11.3 Å². The minimum absolute atomic E-state index is 0.0351. The van der Waals surface area contributed by atoms with Crippen LogP contribution in [0.25, 0.3) is 0 Å². The average Bonchev–Trinajstić information content (AvgIpc) is 2.97. The van der Waals surface area contributed by atoms with Crippen LogP contribution in [0.2, 0.25) is 0 Å². The highest BCUT2D eigenvalue weighted by Gasteiger charge is 2.49. The SMILES string of the molecule is Cc1nccc(C(=O)C[C@H]2CCC[C@]3(CCN(c4cc(F)cc(F)c4)C3=O)C2)n1. The molecule has 1 saturated heterocycles. The van der Waals surface area contributed by atoms with Crippen LogP contribution in [0.4, 0.5) is 14.5 Å². The summed E-state index contributed by atoms with van der Waals surface area (Å²) in [5, 5.41) is 0. The lowest BCUT2D eigenvalue weighted by Gasteiger charge is -2.36. The number of halogens is 2. The van der Waals surface area contributed by atoms with E-state index in [0.717, 1.165) is 25.3 Å². The third kappa shape index (κ3) is 3.91. The molecular weight excluding hydrogens is 376 g/mol. The summed E-state index contributed by atoms with van der Waals surface area (Å²) >= 11 is 0. The molecule has 5 nitrogen and oxygen atoms in total. The lowest BCUT2D eigenvalue weighted by Crippen LogP contribution is -2.38. The standard InChI is InChI=1S/C22H23F2N3O2/c1-14-25-7-4-19(26-14)20(28)9-15-3-2-5-22(13-15)6-8-27(21(22)29)18-11-16(23)10-17(24)12-18/h4,7,10-12,15H,2-3,5-6,8-9,13H2,1H3/t15-,22+/m1/s1. The summed E-state index contributed by atoms with van der Waals surface area (Å²) < 4.78 is 27.2. The van der Waals surface area contributed by atoms with Gasteiger partial charge in [0.2, 0.25) is 5.91 Å². The number of nitrogens with zero attached hydrogens (tertiary/aromatic N) is 3. The van der Waals surface area contributed by atoms with Gasteiger partial charge < -0.3 is 4.90 Å². The molecule has 1 saturated carbocycles. The molecule has 1 aliphatic heterocycles. The maximum atomic E-state index is 13.6. The predicted octanol–water partition coefficient (Wildman–Crippen LogP) is 4.25. The number of amides is 1. The Bertz CT molecular complexity index is 945. The minimum atomic E-state index is -0.694. The summed E-state index contributed by atoms with van der Waals surface area (Å²) in [7, 11) is 0. The number of hydrogen-bond acceptors (Lipinski definition) is 4. The van der Waals surface area contributed by atoms with E-state index in [1.54, 1.807) is 19.2 Å². The van der Waals surface area contributed by atoms with E-state index in [0.29, 0.717) is 37.3 Å². The van der Waals surface area contributed by atoms with Crippen LogP contribution in [0.5, 0.6) is 0 Å². The number of aryl methyl sites for hydroxylation is 1. The van der Waals surface area contributed by atoms with Gasteiger partial charge in [-0.15, -0.1) is 0 Å². The average molecular weight is 399 g/mol. The molecule has 0 bridgehead atoms. The van der Waals surface area contributed by atoms with Crippen molar-refractivity contribution in [3.63, 3.8) is 0 Å². The number of carbonyl (C=O) groups is 2. The van der Waals surface area contributed by atoms with Crippen LogP contribution in [-0.4, -0.2) is 28.2 Å². The zero-order valence-corrected chi connectivity index (χ0v) is 16.3. The van der Waals surface area contributed by atoms with Crippen LogP contribution in [0, 0.1) is 29.9 Å². The Morgan fingerprint density at radius 1 is 1.24 bits per heavy atom. The third-order valence-corrected chi connectivity index (χ3v) is 6.15. The minimum Gasteiger partial charge on any atom is -0.312 e. The predicted molar refractivity (Wildman–Crippen MR) is 103 cm³/mol. The Labute approximate surface area is 168 Å². The molecule has 152 valence electrons. The van der Waals surface area contributed by atoms with E-state index >= 15 is 0 Å². The fourth-order valence-corrected chi connectivity index (χ4v) is 4.82. The summed E-state index contributed by atoms with van der Waals surface area (Å²) in [5.41, 5.74) is 0.124. The summed E-state index contributed by atoms with van der Waals surface area (Å²) in [6.07, 6.45) is 5.68. The molecule has 2 heterocycles. The van der Waals surface area contributed by atoms with Crippen molar-refractivity contribution in [2.75, 3.05) is 11.4 Å². The number of hydrogen-bond donors (Lipinski definition) is 0. The highest BCUT2D eigenvalue weighted by atomic mass is 19.1. The number of rotatable bonds is 4. The summed E-state index contributed by atoms with van der Waals surface area (Å²) in [6.45, 7) is 2.18. The van der Waals surface area contributed by atoms with Crippen molar-refractivity contribution in [3.05, 3.63) is 53.6 Å². The first-order valence-corrected chi connectivity index (χ1v) is 9.97. The molecule has 2 fully saturated rings. The maximum Gasteiger partial charge on any atom is 0.233 e. The molecule has 29 heavy (non-hydrogen) atoms. The molecule has 2 aliphatic rings. The fraction of sp³-hybridized carbons (Fsp3) is 0.455. The second-order valence-electron chi connectivity index (χ2n) is 8.19. The number of Topliss-reactive ketones (excluding diaryl/α,β-unsaturated/α-hetero) is 1. The normalized spacial score (nSPS) is 24.3. The van der Waals surface area contributed by atoms with Gasteiger partial charge in [-0.3, -0.25) is 9.59 Å². The zero-order valence-electron chi connectivity index (χ0n) is 16.3. The molecule has 4 rings (SSSR count). The first kappa shape index (κ1) is 19.6. The molecule has 1 aromatic carbocycles. The van der Waals surface area contributed by atoms with Gasteiger partial charge in [-0.25, -0.2) is 18.7 Å². The molecule has 1 spiro atoms. The van der Waals surface area contributed by atoms with E-state index in [2.05, 4.69) is 9.97 Å². The van der Waals surface area contributed by atoms with Crippen molar-refractivity contribution in [2.45, 2.75) is 45.4 Å². The van der Waals surface area contributed by atoms with E-state index < -0.39 is 17.0 Å². The second kappa shape index (κ2) is 7.61. The van der Waals surface area contributed by atoms with Crippen molar-refractivity contribution in [3.8, 4) is 0 Å². The molecule has 0 unspecified atom stereocenters. The monoisotopic (exact) mass is 399 g/mol. The van der Waals surface area contributed by atoms with Crippen molar-refractivity contribution in [1.29, 1.82) is 0 Å². The van der Waals surface area contributed by atoms with E-state index in [1.807, 2.05) is 0 Å². The maximum absolute atomic E-state index is 13.6. The van der Waals surface area contributed by atoms with Gasteiger partial charge in [-0.1, -0.05) is 6.42 Å². The van der Waals surface area contributed by atoms with Crippen molar-refractivity contribution < 1.29 is 18.4 Å². The van der Waals surface area contributed by atoms with Gasteiger partial charge in [-0.2, -0.15) is 0 Å². The smallest absolute Gasteiger partial charge is 0.233 e. The van der Waals surface area contributed by atoms with E-state index in [9.17, 15) is 18.4 Å². The van der Waals surface area contributed by atoms with E-state index in [-0.39, 0.29) is 23.3 Å². The topological polar surface area (TPSA) is 63.2 Å². The molecule has 0 radical (unpaired) electrons. The molecular formula is C22H23F2N3O2. The number of carbonyl (C=O) groups excluding carboxylic acids is 2. The van der Waals surface area contributed by atoms with Crippen molar-refractivity contribution >= 4 is 17.4 Å². The third-order valence-electron chi connectivity index (χ3n) is 6.15. The Morgan fingerprint density at radius 3 is 2.72 bits per heavy atom. The lowest BCUT2D eigenvalue weighted by atomic mass is 9.67. The summed E-state index contributed by atoms with van der Waals surface area (Å²) in [4.78, 5) is 35.6. The van der Waals surface area contributed by atoms with Gasteiger partial charge in [0.05, 0.1) is 5.41 Å². The lowest BCUT2D eigenvalue weighted by molar-refractivity contribution is -0.128. The number of ketones is 1. The van der Waals surface area contributed by atoms with Gasteiger partial charge in [0, 0.05) is 30.9 Å². The van der Waals surface area contributed by atoms with Crippen LogP contribution >= 0.6 is 0 Å². The Morgan fingerprint density at radius 2 is 2.00 bits per heavy atom. The second-order valence-corrected chi connectivity index (χ2v) is 8.19. The Hall–Kier alpha value is -2.70. The molecule has 2 atom stereocenters. The molecule has 7 heteroatoms. The van der Waals surface area contributed by atoms with Crippen LogP contribution in [0.15, 0.2) is 30.5 Å². The van der Waals surface area contributed by atoms with Crippen molar-refractivity contribution in [1.82, 2.24) is 9.97 Å². The van der Waals surface area contributed by atoms with Gasteiger partial charge in [0.25, 0.3) is 0 Å². The van der Waals surface area contributed by atoms with E-state index in [4.69, 9.17) is 0 Å². The van der Waals surface area contributed by atoms with Crippen LogP contribution in [0.1, 0.15) is 54.8 Å². The van der Waals surface area contributed by atoms with Crippen LogP contribution < -0.4 is 4.90 Å². The molecule has 1 aromatic heterocycles. The van der Waals surface area contributed by atoms with Gasteiger partial charge in [0.1, 0.15) is 23.2 Å². The summed E-state index contributed by atoms with van der Waals surface area (Å²) in [6, 6.07) is 4.81. The Kier molecular flexibility index (Phi) is 5.15.